The molecule has 1 aromatic heterocycles. The van der Waals surface area contributed by atoms with Crippen LogP contribution in [-0.4, -0.2) is 47.5 Å². The molecule has 0 bridgehead atoms. The van der Waals surface area contributed by atoms with Crippen molar-refractivity contribution in [2.24, 2.45) is 4.99 Å². The van der Waals surface area contributed by atoms with Crippen LogP contribution in [0.5, 0.6) is 5.75 Å². The van der Waals surface area contributed by atoms with E-state index in [1.165, 1.54) is 5.39 Å². The second kappa shape index (κ2) is 12.0. The molecule has 2 N–H and O–H groups in total. The van der Waals surface area contributed by atoms with Gasteiger partial charge in [0.25, 0.3) is 0 Å². The quantitative estimate of drug-likeness (QED) is 0.187. The molecule has 0 fully saturated rings. The van der Waals surface area contributed by atoms with Crippen molar-refractivity contribution in [2.75, 3.05) is 26.7 Å². The summed E-state index contributed by atoms with van der Waals surface area (Å²) in [5, 5.41) is 16.9. The topological polar surface area (TPSA) is 76.4 Å². The number of halogens is 2. The fraction of sp³-hybridized carbons (Fsp3) is 0.350. The molecule has 0 radical (unpaired) electrons. The fourth-order valence-electron chi connectivity index (χ4n) is 2.88. The van der Waals surface area contributed by atoms with Crippen molar-refractivity contribution in [3.63, 3.8) is 0 Å². The summed E-state index contributed by atoms with van der Waals surface area (Å²) in [6.45, 7) is 4.81. The van der Waals surface area contributed by atoms with Gasteiger partial charge in [-0.15, -0.1) is 34.2 Å². The molecule has 0 amide bonds. The predicted molar refractivity (Wildman–Crippen MR) is 131 cm³/mol. The zero-order valence-corrected chi connectivity index (χ0v) is 20.5. The Labute approximate surface area is 196 Å². The lowest BCUT2D eigenvalue weighted by molar-refractivity contribution is 0.322. The molecule has 1 heterocycles. The van der Waals surface area contributed by atoms with Crippen LogP contribution in [0, 0.1) is 0 Å². The summed E-state index contributed by atoms with van der Waals surface area (Å²) in [6, 6.07) is 12.3. The van der Waals surface area contributed by atoms with Crippen molar-refractivity contribution in [3.8, 4) is 5.75 Å². The number of rotatable bonds is 8. The molecule has 0 aliphatic carbocycles. The molecule has 0 saturated heterocycles. The molecule has 2 aromatic carbocycles. The van der Waals surface area contributed by atoms with Crippen LogP contribution in [-0.2, 0) is 13.0 Å². The van der Waals surface area contributed by atoms with Crippen molar-refractivity contribution >= 4 is 56.6 Å². The second-order valence-corrected chi connectivity index (χ2v) is 7.14. The summed E-state index contributed by atoms with van der Waals surface area (Å²) in [5.41, 5.74) is 0. The highest BCUT2D eigenvalue weighted by Gasteiger charge is 2.03. The first-order valence-corrected chi connectivity index (χ1v) is 10.1. The first kappa shape index (κ1) is 23.4. The number of hydrogen-bond donors (Lipinski definition) is 2. The normalized spacial score (nSPS) is 11.2. The highest BCUT2D eigenvalue weighted by molar-refractivity contribution is 14.0. The number of nitrogens with zero attached hydrogens (tertiary/aromatic N) is 4. The van der Waals surface area contributed by atoms with Gasteiger partial charge in [-0.1, -0.05) is 35.0 Å². The third kappa shape index (κ3) is 6.84. The minimum absolute atomic E-state index is 0. The van der Waals surface area contributed by atoms with Gasteiger partial charge < -0.3 is 19.9 Å². The van der Waals surface area contributed by atoms with Crippen LogP contribution < -0.4 is 15.4 Å². The summed E-state index contributed by atoms with van der Waals surface area (Å²) in [6.07, 6.45) is 2.63. The third-order valence-electron chi connectivity index (χ3n) is 4.32. The van der Waals surface area contributed by atoms with E-state index in [1.54, 1.807) is 13.4 Å². The Balaban J connectivity index is 0.00000300. The maximum atomic E-state index is 5.86. The zero-order valence-electron chi connectivity index (χ0n) is 16.6. The average molecular weight is 573 g/mol. The van der Waals surface area contributed by atoms with E-state index in [9.17, 15) is 0 Å². The van der Waals surface area contributed by atoms with Crippen molar-refractivity contribution in [1.29, 1.82) is 0 Å². The Hall–Kier alpha value is -1.88. The van der Waals surface area contributed by atoms with Crippen LogP contribution in [0.3, 0.4) is 0 Å². The average Bonchev–Trinajstić information content (AvgIpc) is 3.17. The Kier molecular flexibility index (Phi) is 9.65. The lowest BCUT2D eigenvalue weighted by atomic mass is 10.1. The van der Waals surface area contributed by atoms with Gasteiger partial charge >= 0.3 is 0 Å². The molecule has 0 aliphatic heterocycles. The van der Waals surface area contributed by atoms with Crippen molar-refractivity contribution < 1.29 is 4.74 Å². The van der Waals surface area contributed by atoms with E-state index in [-0.39, 0.29) is 24.0 Å². The van der Waals surface area contributed by atoms with Gasteiger partial charge in [0.1, 0.15) is 24.5 Å². The van der Waals surface area contributed by atoms with Crippen LogP contribution in [0.1, 0.15) is 12.7 Å². The Bertz CT molecular complexity index is 946. The molecule has 0 atom stereocenters. The summed E-state index contributed by atoms with van der Waals surface area (Å²) in [4.78, 5) is 4.24. The summed E-state index contributed by atoms with van der Waals surface area (Å²) in [7, 11) is 1.76. The van der Waals surface area contributed by atoms with Gasteiger partial charge in [-0.25, -0.2) is 0 Å². The number of guanidine groups is 1. The Morgan fingerprint density at radius 3 is 2.69 bits per heavy atom. The number of ether oxygens (including phenoxy) is 1. The highest BCUT2D eigenvalue weighted by Crippen LogP contribution is 2.23. The highest BCUT2D eigenvalue weighted by atomic mass is 127. The lowest BCUT2D eigenvalue weighted by Crippen LogP contribution is -2.40. The largest absolute Gasteiger partial charge is 0.492 e. The number of hydrogen-bond acceptors (Lipinski definition) is 4. The Morgan fingerprint density at radius 1 is 1.14 bits per heavy atom. The standard InChI is InChI=1S/C20H25BrN6O.HI/c1-3-19-26-25-14-27(19)10-8-23-20(22-2)24-9-11-28-18-7-5-15-12-17(21)6-4-16(15)13-18;/h4-7,12-14H,3,8-11H2,1-2H3,(H2,22,23,24);1H. The maximum absolute atomic E-state index is 5.86. The zero-order chi connectivity index (χ0) is 19.8. The van der Waals surface area contributed by atoms with E-state index >= 15 is 0 Å². The number of aliphatic imine (C=N–C) groups is 1. The minimum atomic E-state index is 0. The van der Waals surface area contributed by atoms with Gasteiger partial charge in [0.15, 0.2) is 5.96 Å². The number of fused-ring (bicyclic) bond motifs is 1. The van der Waals surface area contributed by atoms with Gasteiger partial charge in [-0.3, -0.25) is 4.99 Å². The molecule has 3 aromatic rings. The Morgan fingerprint density at radius 2 is 1.90 bits per heavy atom. The maximum Gasteiger partial charge on any atom is 0.191 e. The molecule has 29 heavy (non-hydrogen) atoms. The number of benzene rings is 2. The molecule has 3 rings (SSSR count). The minimum Gasteiger partial charge on any atom is -0.492 e. The second-order valence-electron chi connectivity index (χ2n) is 6.22. The molecule has 0 spiro atoms. The SMILES string of the molecule is CCc1nncn1CCNC(=NC)NCCOc1ccc2cc(Br)ccc2c1.I. The fourth-order valence-corrected chi connectivity index (χ4v) is 3.26. The van der Waals surface area contributed by atoms with Gasteiger partial charge in [0.2, 0.25) is 0 Å². The summed E-state index contributed by atoms with van der Waals surface area (Å²) < 4.78 is 8.97. The summed E-state index contributed by atoms with van der Waals surface area (Å²) >= 11 is 3.49. The first-order chi connectivity index (χ1) is 13.7. The van der Waals surface area contributed by atoms with Crippen LogP contribution in [0.2, 0.25) is 0 Å². The number of nitrogens with one attached hydrogen (secondary N) is 2. The molecular formula is C20H26BrIN6O. The molecule has 7 nitrogen and oxygen atoms in total. The van der Waals surface area contributed by atoms with E-state index in [1.807, 2.05) is 16.7 Å². The molecular weight excluding hydrogens is 547 g/mol. The van der Waals surface area contributed by atoms with Crippen LogP contribution >= 0.6 is 39.9 Å². The van der Waals surface area contributed by atoms with Crippen LogP contribution in [0.15, 0.2) is 52.2 Å². The monoisotopic (exact) mass is 572 g/mol. The van der Waals surface area contributed by atoms with E-state index in [2.05, 4.69) is 72.9 Å². The number of aryl methyl sites for hydroxylation is 1. The lowest BCUT2D eigenvalue weighted by Gasteiger charge is -2.13. The smallest absolute Gasteiger partial charge is 0.191 e. The van der Waals surface area contributed by atoms with E-state index in [4.69, 9.17) is 4.74 Å². The molecule has 0 unspecified atom stereocenters. The van der Waals surface area contributed by atoms with E-state index < -0.39 is 0 Å². The molecule has 9 heteroatoms. The van der Waals surface area contributed by atoms with E-state index in [0.717, 1.165) is 46.9 Å². The van der Waals surface area contributed by atoms with Crippen LogP contribution in [0.25, 0.3) is 10.8 Å². The van der Waals surface area contributed by atoms with Gasteiger partial charge in [-0.05, 0) is 35.0 Å². The van der Waals surface area contributed by atoms with E-state index in [0.29, 0.717) is 13.2 Å². The summed E-state index contributed by atoms with van der Waals surface area (Å²) in [5.74, 6) is 2.60. The third-order valence-corrected chi connectivity index (χ3v) is 4.81. The van der Waals surface area contributed by atoms with Gasteiger partial charge in [0.05, 0.1) is 6.54 Å². The van der Waals surface area contributed by atoms with Crippen LogP contribution in [0.4, 0.5) is 0 Å². The number of aromatic nitrogens is 3. The first-order valence-electron chi connectivity index (χ1n) is 9.33. The van der Waals surface area contributed by atoms with Crippen molar-refractivity contribution in [1.82, 2.24) is 25.4 Å². The molecule has 0 saturated carbocycles. The molecule has 156 valence electrons. The van der Waals surface area contributed by atoms with Crippen molar-refractivity contribution in [2.45, 2.75) is 19.9 Å². The van der Waals surface area contributed by atoms with Crippen molar-refractivity contribution in [3.05, 3.63) is 53.0 Å². The van der Waals surface area contributed by atoms with Gasteiger partial charge in [-0.2, -0.15) is 0 Å². The predicted octanol–water partition coefficient (Wildman–Crippen LogP) is 3.62. The van der Waals surface area contributed by atoms with Gasteiger partial charge in [0, 0.05) is 31.0 Å². The molecule has 0 aliphatic rings.